The Kier molecular flexibility index (Phi) is 8.70. The van der Waals surface area contributed by atoms with E-state index in [0.717, 1.165) is 37.3 Å². The molecule has 1 aromatic heterocycles. The van der Waals surface area contributed by atoms with Gasteiger partial charge >= 0.3 is 0 Å². The second-order valence-corrected chi connectivity index (χ2v) is 5.57. The maximum Gasteiger partial charge on any atom is 0.0708 e. The lowest BCUT2D eigenvalue weighted by molar-refractivity contribution is 0.154. The average molecular weight is 328 g/mol. The summed E-state index contributed by atoms with van der Waals surface area (Å²) < 4.78 is 5.51. The van der Waals surface area contributed by atoms with Crippen LogP contribution in [0.4, 0.5) is 0 Å². The topological polar surface area (TPSA) is 22.1 Å². The van der Waals surface area contributed by atoms with E-state index in [4.69, 9.17) is 4.74 Å². The molecule has 0 fully saturated rings. The summed E-state index contributed by atoms with van der Waals surface area (Å²) in [5, 5.41) is 1.29. The summed E-state index contributed by atoms with van der Waals surface area (Å²) in [5.74, 6) is 0. The van der Waals surface area contributed by atoms with E-state index in [-0.39, 0.29) is 0 Å². The van der Waals surface area contributed by atoms with E-state index in [0.29, 0.717) is 0 Å². The molecule has 2 heteroatoms. The van der Waals surface area contributed by atoms with Gasteiger partial charge in [-0.05, 0) is 67.2 Å². The Morgan fingerprint density at radius 1 is 1.04 bits per heavy atom. The summed E-state index contributed by atoms with van der Waals surface area (Å²) in [6.07, 6.45) is 2.06. The normalized spacial score (nSPS) is 13.8. The van der Waals surface area contributed by atoms with Crippen molar-refractivity contribution in [3.8, 4) is 0 Å². The predicted molar refractivity (Wildman–Crippen MR) is 107 cm³/mol. The van der Waals surface area contributed by atoms with Gasteiger partial charge in [-0.15, -0.1) is 0 Å². The van der Waals surface area contributed by atoms with Crippen molar-refractivity contribution in [1.29, 1.82) is 0 Å². The van der Waals surface area contributed by atoms with Gasteiger partial charge in [0.05, 0.1) is 18.7 Å². The Labute approximate surface area is 148 Å². The molecule has 0 bridgehead atoms. The van der Waals surface area contributed by atoms with Crippen LogP contribution in [0.1, 0.15) is 64.8 Å². The van der Waals surface area contributed by atoms with Crippen LogP contribution in [0, 0.1) is 6.92 Å². The van der Waals surface area contributed by atoms with Crippen molar-refractivity contribution < 1.29 is 4.74 Å². The van der Waals surface area contributed by atoms with Gasteiger partial charge in [0.25, 0.3) is 0 Å². The molecule has 2 heterocycles. The monoisotopic (exact) mass is 327 g/mol. The zero-order chi connectivity index (χ0) is 18.1. The van der Waals surface area contributed by atoms with Gasteiger partial charge in [0.1, 0.15) is 0 Å². The second kappa shape index (κ2) is 10.2. The molecule has 0 saturated carbocycles. The molecule has 2 nitrogen and oxygen atoms in total. The quantitative estimate of drug-likeness (QED) is 0.641. The van der Waals surface area contributed by atoms with Gasteiger partial charge in [-0.1, -0.05) is 40.7 Å². The fourth-order valence-corrected chi connectivity index (χ4v) is 3.01. The largest absolute Gasteiger partial charge is 0.377 e. The Hall–Kier alpha value is -1.67. The van der Waals surface area contributed by atoms with E-state index in [1.165, 1.54) is 27.7 Å². The van der Waals surface area contributed by atoms with Gasteiger partial charge in [-0.25, -0.2) is 0 Å². The van der Waals surface area contributed by atoms with Crippen LogP contribution in [-0.4, -0.2) is 18.2 Å². The molecule has 2 aromatic rings. The Morgan fingerprint density at radius 3 is 2.38 bits per heavy atom. The lowest BCUT2D eigenvalue weighted by Crippen LogP contribution is -2.08. The molecular formula is C22H33NO. The lowest BCUT2D eigenvalue weighted by atomic mass is 9.94. The molecule has 3 rings (SSSR count). The number of hydrogen-bond acceptors (Lipinski definition) is 2. The van der Waals surface area contributed by atoms with Gasteiger partial charge in [0.15, 0.2) is 0 Å². The summed E-state index contributed by atoms with van der Waals surface area (Å²) in [6.45, 7) is 16.0. The first-order chi connectivity index (χ1) is 11.7. The molecule has 24 heavy (non-hydrogen) atoms. The van der Waals surface area contributed by atoms with Crippen LogP contribution < -0.4 is 0 Å². The van der Waals surface area contributed by atoms with Crippen molar-refractivity contribution in [2.24, 2.45) is 0 Å². The Morgan fingerprint density at radius 2 is 1.75 bits per heavy atom. The molecule has 0 radical (unpaired) electrons. The highest BCUT2D eigenvalue weighted by Crippen LogP contribution is 2.29. The lowest BCUT2D eigenvalue weighted by Gasteiger charge is -2.19. The van der Waals surface area contributed by atoms with Crippen LogP contribution in [-0.2, 0) is 11.2 Å². The number of hydrogen-bond donors (Lipinski definition) is 0. The van der Waals surface area contributed by atoms with Crippen LogP contribution in [0.3, 0.4) is 0 Å². The minimum absolute atomic E-state index is 0.764. The summed E-state index contributed by atoms with van der Waals surface area (Å²) in [5.41, 5.74) is 7.73. The second-order valence-electron chi connectivity index (χ2n) is 5.57. The predicted octanol–water partition coefficient (Wildman–Crippen LogP) is 6.35. The molecule has 0 saturated heterocycles. The standard InChI is InChI=1S/C18H21NO.2C2H6/c1-4-14-9-13(3)19-18-6-5-15(10-17(14)18)16-7-8-20-11-12(16)2;2*1-2/h5-6,9-10H,4,7-8,11H2,1-3H3;2*1-2H3. The average Bonchev–Trinajstić information content (AvgIpc) is 2.64. The summed E-state index contributed by atoms with van der Waals surface area (Å²) in [4.78, 5) is 4.65. The van der Waals surface area contributed by atoms with Crippen LogP contribution >= 0.6 is 0 Å². The minimum atomic E-state index is 0.764. The van der Waals surface area contributed by atoms with Gasteiger partial charge in [0.2, 0.25) is 0 Å². The zero-order valence-electron chi connectivity index (χ0n) is 16.5. The van der Waals surface area contributed by atoms with E-state index in [1.807, 2.05) is 27.7 Å². The Balaban J connectivity index is 0.000000671. The minimum Gasteiger partial charge on any atom is -0.377 e. The molecule has 0 atom stereocenters. The highest BCUT2D eigenvalue weighted by Gasteiger charge is 2.13. The number of pyridine rings is 1. The van der Waals surface area contributed by atoms with Crippen LogP contribution in [0.5, 0.6) is 0 Å². The number of nitrogens with zero attached hydrogens (tertiary/aromatic N) is 1. The smallest absolute Gasteiger partial charge is 0.0708 e. The first kappa shape index (κ1) is 20.4. The number of aromatic nitrogens is 1. The van der Waals surface area contributed by atoms with Crippen molar-refractivity contribution in [1.82, 2.24) is 4.98 Å². The molecule has 0 amide bonds. The third-order valence-electron chi connectivity index (χ3n) is 4.08. The van der Waals surface area contributed by atoms with Crippen LogP contribution in [0.25, 0.3) is 16.5 Å². The Bertz CT molecular complexity index is 686. The van der Waals surface area contributed by atoms with Gasteiger partial charge in [0, 0.05) is 11.1 Å². The number of aryl methyl sites for hydroxylation is 2. The van der Waals surface area contributed by atoms with Crippen LogP contribution in [0.2, 0.25) is 0 Å². The van der Waals surface area contributed by atoms with Crippen molar-refractivity contribution in [3.05, 3.63) is 46.7 Å². The molecule has 0 spiro atoms. The summed E-state index contributed by atoms with van der Waals surface area (Å²) in [7, 11) is 0. The summed E-state index contributed by atoms with van der Waals surface area (Å²) >= 11 is 0. The van der Waals surface area contributed by atoms with Crippen molar-refractivity contribution in [2.45, 2.75) is 61.3 Å². The van der Waals surface area contributed by atoms with E-state index in [2.05, 4.69) is 50.0 Å². The molecule has 0 N–H and O–H groups in total. The first-order valence-corrected chi connectivity index (χ1v) is 9.36. The van der Waals surface area contributed by atoms with Gasteiger partial charge in [-0.3, -0.25) is 4.98 Å². The van der Waals surface area contributed by atoms with Crippen LogP contribution in [0.15, 0.2) is 29.8 Å². The maximum absolute atomic E-state index is 5.51. The fourth-order valence-electron chi connectivity index (χ4n) is 3.01. The number of ether oxygens (including phenoxy) is 1. The molecular weight excluding hydrogens is 294 g/mol. The van der Waals surface area contributed by atoms with E-state index in [1.54, 1.807) is 0 Å². The number of fused-ring (bicyclic) bond motifs is 1. The van der Waals surface area contributed by atoms with Crippen molar-refractivity contribution in [3.63, 3.8) is 0 Å². The zero-order valence-corrected chi connectivity index (χ0v) is 16.5. The SMILES string of the molecule is CC.CC.CCc1cc(C)nc2ccc(C3=C(C)COCC3)cc12. The molecule has 1 aromatic carbocycles. The van der Waals surface area contributed by atoms with Crippen molar-refractivity contribution in [2.75, 3.05) is 13.2 Å². The van der Waals surface area contributed by atoms with Gasteiger partial charge in [-0.2, -0.15) is 0 Å². The number of rotatable bonds is 2. The van der Waals surface area contributed by atoms with Crippen molar-refractivity contribution >= 4 is 16.5 Å². The molecule has 0 unspecified atom stereocenters. The highest BCUT2D eigenvalue weighted by molar-refractivity contribution is 5.87. The molecule has 0 aliphatic carbocycles. The fraction of sp³-hybridized carbons (Fsp3) is 0.500. The maximum atomic E-state index is 5.51. The summed E-state index contributed by atoms with van der Waals surface area (Å²) in [6, 6.07) is 8.88. The highest BCUT2D eigenvalue weighted by atomic mass is 16.5. The molecule has 1 aliphatic heterocycles. The molecule has 1 aliphatic rings. The third-order valence-corrected chi connectivity index (χ3v) is 4.08. The number of benzene rings is 1. The van der Waals surface area contributed by atoms with E-state index < -0.39 is 0 Å². The van der Waals surface area contributed by atoms with E-state index in [9.17, 15) is 0 Å². The first-order valence-electron chi connectivity index (χ1n) is 9.36. The van der Waals surface area contributed by atoms with E-state index >= 15 is 0 Å². The molecule has 132 valence electrons. The third kappa shape index (κ3) is 4.67. The van der Waals surface area contributed by atoms with Gasteiger partial charge < -0.3 is 4.74 Å².